The van der Waals surface area contributed by atoms with Crippen molar-refractivity contribution in [2.45, 2.75) is 6.92 Å². The van der Waals surface area contributed by atoms with Gasteiger partial charge >= 0.3 is 5.97 Å². The van der Waals surface area contributed by atoms with E-state index in [1.165, 1.54) is 11.8 Å². The van der Waals surface area contributed by atoms with Gasteiger partial charge in [0, 0.05) is 14.1 Å². The van der Waals surface area contributed by atoms with Gasteiger partial charge < -0.3 is 15.3 Å². The van der Waals surface area contributed by atoms with E-state index in [1.807, 2.05) is 0 Å². The van der Waals surface area contributed by atoms with Crippen molar-refractivity contribution in [2.24, 2.45) is 5.92 Å². The molecule has 0 saturated carbocycles. The van der Waals surface area contributed by atoms with Crippen LogP contribution >= 0.6 is 0 Å². The van der Waals surface area contributed by atoms with Crippen molar-refractivity contribution in [2.75, 3.05) is 20.6 Å². The third-order valence-electron chi connectivity index (χ3n) is 1.68. The van der Waals surface area contributed by atoms with Gasteiger partial charge in [0.2, 0.25) is 11.8 Å². The molecule has 0 bridgehead atoms. The molecule has 0 heterocycles. The summed E-state index contributed by atoms with van der Waals surface area (Å²) in [5, 5.41) is 10.7. The summed E-state index contributed by atoms with van der Waals surface area (Å²) in [4.78, 5) is 33.7. The zero-order chi connectivity index (χ0) is 11.3. The van der Waals surface area contributed by atoms with Crippen molar-refractivity contribution in [1.29, 1.82) is 0 Å². The fourth-order valence-corrected chi connectivity index (χ4v) is 0.586. The van der Waals surface area contributed by atoms with Crippen molar-refractivity contribution in [3.63, 3.8) is 0 Å². The predicted molar refractivity (Wildman–Crippen MR) is 48.5 cm³/mol. The summed E-state index contributed by atoms with van der Waals surface area (Å²) >= 11 is 0. The number of hydrogen-bond acceptors (Lipinski definition) is 3. The number of likely N-dealkylation sites (N-methyl/N-ethyl adjacent to an activating group) is 1. The minimum absolute atomic E-state index is 0.177. The van der Waals surface area contributed by atoms with Gasteiger partial charge in [-0.1, -0.05) is 0 Å². The molecule has 1 atom stereocenters. The Balaban J connectivity index is 3.97. The van der Waals surface area contributed by atoms with Crippen LogP contribution in [0.5, 0.6) is 0 Å². The van der Waals surface area contributed by atoms with E-state index in [0.717, 1.165) is 0 Å². The van der Waals surface area contributed by atoms with Crippen molar-refractivity contribution in [1.82, 2.24) is 10.2 Å². The average molecular weight is 202 g/mol. The van der Waals surface area contributed by atoms with Gasteiger partial charge in [-0.3, -0.25) is 14.4 Å². The maximum absolute atomic E-state index is 11.0. The Morgan fingerprint density at radius 3 is 2.21 bits per heavy atom. The van der Waals surface area contributed by atoms with E-state index in [0.29, 0.717) is 0 Å². The third kappa shape index (κ3) is 3.88. The lowest BCUT2D eigenvalue weighted by atomic mass is 10.2. The summed E-state index contributed by atoms with van der Waals surface area (Å²) in [5.41, 5.74) is 0. The molecule has 2 N–H and O–H groups in total. The van der Waals surface area contributed by atoms with Crippen LogP contribution in [0.4, 0.5) is 0 Å². The Labute approximate surface area is 81.9 Å². The van der Waals surface area contributed by atoms with Gasteiger partial charge in [0.1, 0.15) is 5.92 Å². The number of carbonyl (C=O) groups is 3. The van der Waals surface area contributed by atoms with Crippen molar-refractivity contribution < 1.29 is 19.5 Å². The maximum Gasteiger partial charge on any atom is 0.315 e. The number of carbonyl (C=O) groups excluding carboxylic acids is 2. The van der Waals surface area contributed by atoms with Gasteiger partial charge in [-0.15, -0.1) is 0 Å². The third-order valence-corrected chi connectivity index (χ3v) is 1.68. The summed E-state index contributed by atoms with van der Waals surface area (Å²) in [6, 6.07) is 0. The molecule has 0 aliphatic heterocycles. The maximum atomic E-state index is 11.0. The molecule has 14 heavy (non-hydrogen) atoms. The molecule has 80 valence electrons. The average Bonchev–Trinajstić information content (AvgIpc) is 2.11. The molecule has 1 unspecified atom stereocenters. The monoisotopic (exact) mass is 202 g/mol. The highest BCUT2D eigenvalue weighted by atomic mass is 16.4. The molecule has 0 aliphatic rings. The van der Waals surface area contributed by atoms with Crippen LogP contribution in [0.2, 0.25) is 0 Å². The molecule has 0 fully saturated rings. The second-order valence-electron chi connectivity index (χ2n) is 3.07. The van der Waals surface area contributed by atoms with E-state index in [2.05, 4.69) is 5.32 Å². The van der Waals surface area contributed by atoms with Gasteiger partial charge in [0.05, 0.1) is 6.54 Å². The summed E-state index contributed by atoms with van der Waals surface area (Å²) in [5.74, 6) is -3.28. The lowest BCUT2D eigenvalue weighted by molar-refractivity contribution is -0.146. The van der Waals surface area contributed by atoms with Crippen molar-refractivity contribution >= 4 is 17.8 Å². The Bertz CT molecular complexity index is 250. The highest BCUT2D eigenvalue weighted by Crippen LogP contribution is 1.93. The second-order valence-corrected chi connectivity index (χ2v) is 3.07. The minimum Gasteiger partial charge on any atom is -0.481 e. The Kier molecular flexibility index (Phi) is 4.62. The lowest BCUT2D eigenvalue weighted by Crippen LogP contribution is -2.40. The largest absolute Gasteiger partial charge is 0.481 e. The summed E-state index contributed by atoms with van der Waals surface area (Å²) in [6.07, 6.45) is 0. The molecule has 0 rings (SSSR count). The zero-order valence-corrected chi connectivity index (χ0v) is 8.40. The van der Waals surface area contributed by atoms with Gasteiger partial charge in [0.25, 0.3) is 0 Å². The van der Waals surface area contributed by atoms with Crippen LogP contribution < -0.4 is 5.32 Å². The normalized spacial score (nSPS) is 11.6. The smallest absolute Gasteiger partial charge is 0.315 e. The summed E-state index contributed by atoms with van der Waals surface area (Å²) < 4.78 is 0. The number of aliphatic carboxylic acids is 1. The molecule has 2 amide bonds. The van der Waals surface area contributed by atoms with Crippen LogP contribution in [0, 0.1) is 5.92 Å². The summed E-state index contributed by atoms with van der Waals surface area (Å²) in [6.45, 7) is 1.08. The first-order chi connectivity index (χ1) is 6.36. The molecule has 0 aliphatic carbocycles. The van der Waals surface area contributed by atoms with Crippen LogP contribution in [0.25, 0.3) is 0 Å². The van der Waals surface area contributed by atoms with Crippen LogP contribution in [0.1, 0.15) is 6.92 Å². The Hall–Kier alpha value is -1.59. The second kappa shape index (κ2) is 5.21. The minimum atomic E-state index is -1.21. The first-order valence-corrected chi connectivity index (χ1v) is 4.07. The number of nitrogens with one attached hydrogen (secondary N) is 1. The number of hydrogen-bond donors (Lipinski definition) is 2. The number of nitrogens with zero attached hydrogens (tertiary/aromatic N) is 1. The first kappa shape index (κ1) is 12.4. The standard InChI is InChI=1S/C8H14N2O4/c1-5(8(13)14)7(12)9-4-6(11)10(2)3/h5H,4H2,1-3H3,(H,9,12)(H,13,14). The van der Waals surface area contributed by atoms with E-state index >= 15 is 0 Å². The first-order valence-electron chi connectivity index (χ1n) is 4.07. The number of rotatable bonds is 4. The molecule has 0 aromatic heterocycles. The molecule has 0 saturated heterocycles. The summed E-state index contributed by atoms with van der Waals surface area (Å²) in [7, 11) is 3.10. The van der Waals surface area contributed by atoms with Crippen molar-refractivity contribution in [3.8, 4) is 0 Å². The molecule has 0 spiro atoms. The van der Waals surface area contributed by atoms with Gasteiger partial charge in [-0.05, 0) is 6.92 Å². The molecule has 0 aromatic carbocycles. The zero-order valence-electron chi connectivity index (χ0n) is 8.40. The number of carboxylic acid groups (broad SMARTS) is 1. The highest BCUT2D eigenvalue weighted by molar-refractivity contribution is 5.97. The molecule has 0 aromatic rings. The van der Waals surface area contributed by atoms with Crippen LogP contribution in [-0.4, -0.2) is 48.4 Å². The Morgan fingerprint density at radius 2 is 1.86 bits per heavy atom. The highest BCUT2D eigenvalue weighted by Gasteiger charge is 2.20. The van der Waals surface area contributed by atoms with E-state index in [4.69, 9.17) is 5.11 Å². The van der Waals surface area contributed by atoms with Crippen LogP contribution in [0.15, 0.2) is 0 Å². The number of amides is 2. The Morgan fingerprint density at radius 1 is 1.36 bits per heavy atom. The van der Waals surface area contributed by atoms with Crippen molar-refractivity contribution in [3.05, 3.63) is 0 Å². The van der Waals surface area contributed by atoms with Gasteiger partial charge in [0.15, 0.2) is 0 Å². The molecular formula is C8H14N2O4. The lowest BCUT2D eigenvalue weighted by Gasteiger charge is -2.12. The molecule has 0 radical (unpaired) electrons. The van der Waals surface area contributed by atoms with E-state index in [9.17, 15) is 14.4 Å². The van der Waals surface area contributed by atoms with Crippen LogP contribution in [-0.2, 0) is 14.4 Å². The molecule has 6 heteroatoms. The topological polar surface area (TPSA) is 86.7 Å². The van der Waals surface area contributed by atoms with E-state index in [1.54, 1.807) is 14.1 Å². The van der Waals surface area contributed by atoms with Gasteiger partial charge in [-0.2, -0.15) is 0 Å². The van der Waals surface area contributed by atoms with E-state index < -0.39 is 17.8 Å². The fraction of sp³-hybridized carbons (Fsp3) is 0.625. The number of carboxylic acids is 1. The SMILES string of the molecule is CC(C(=O)O)C(=O)NCC(=O)N(C)C. The fourth-order valence-electron chi connectivity index (χ4n) is 0.586. The van der Waals surface area contributed by atoms with E-state index in [-0.39, 0.29) is 12.5 Å². The van der Waals surface area contributed by atoms with Crippen LogP contribution in [0.3, 0.4) is 0 Å². The molecular weight excluding hydrogens is 188 g/mol. The molecule has 6 nitrogen and oxygen atoms in total. The van der Waals surface area contributed by atoms with Gasteiger partial charge in [-0.25, -0.2) is 0 Å². The quantitative estimate of drug-likeness (QED) is 0.567. The predicted octanol–water partition coefficient (Wildman–Crippen LogP) is -1.09.